The molecule has 2 aromatic rings. The smallest absolute Gasteiger partial charge is 0.270 e. The topological polar surface area (TPSA) is 71.1 Å². The molecule has 0 fully saturated rings. The van der Waals surface area contributed by atoms with Crippen molar-refractivity contribution in [2.75, 3.05) is 11.9 Å². The maximum absolute atomic E-state index is 12.2. The second kappa shape index (κ2) is 10.0. The van der Waals surface area contributed by atoms with Crippen molar-refractivity contribution in [3.8, 4) is 0 Å². The van der Waals surface area contributed by atoms with Gasteiger partial charge >= 0.3 is 0 Å². The van der Waals surface area contributed by atoms with Crippen LogP contribution in [0, 0.1) is 0 Å². The van der Waals surface area contributed by atoms with E-state index in [1.807, 2.05) is 30.3 Å². The normalized spacial score (nSPS) is 13.7. The number of aryl methyl sites for hydroxylation is 1. The van der Waals surface area contributed by atoms with Gasteiger partial charge in [-0.1, -0.05) is 42.0 Å². The molecule has 142 valence electrons. The third-order valence-electron chi connectivity index (χ3n) is 4.58. The van der Waals surface area contributed by atoms with Gasteiger partial charge in [0.1, 0.15) is 5.69 Å². The maximum Gasteiger partial charge on any atom is 0.270 e. The summed E-state index contributed by atoms with van der Waals surface area (Å²) >= 11 is 1.27. The lowest BCUT2D eigenvalue weighted by Gasteiger charge is -2.12. The summed E-state index contributed by atoms with van der Waals surface area (Å²) in [6, 6.07) is 9.89. The van der Waals surface area contributed by atoms with Crippen LogP contribution in [0.1, 0.15) is 54.6 Å². The predicted molar refractivity (Wildman–Crippen MR) is 109 cm³/mol. The Labute approximate surface area is 163 Å². The van der Waals surface area contributed by atoms with E-state index in [0.29, 0.717) is 30.2 Å². The fourth-order valence-corrected chi connectivity index (χ4v) is 3.79. The number of nitrogens with one attached hydrogen (secondary N) is 2. The number of amides is 2. The van der Waals surface area contributed by atoms with E-state index in [1.54, 1.807) is 5.38 Å². The van der Waals surface area contributed by atoms with Crippen LogP contribution in [-0.4, -0.2) is 23.3 Å². The number of carbonyl (C=O) groups excluding carboxylic acids is 2. The Morgan fingerprint density at radius 3 is 2.74 bits per heavy atom. The molecule has 27 heavy (non-hydrogen) atoms. The summed E-state index contributed by atoms with van der Waals surface area (Å²) in [5.41, 5.74) is 2.92. The van der Waals surface area contributed by atoms with Crippen molar-refractivity contribution in [3.63, 3.8) is 0 Å². The first-order valence-corrected chi connectivity index (χ1v) is 10.3. The minimum Gasteiger partial charge on any atom is -0.350 e. The fourth-order valence-electron chi connectivity index (χ4n) is 3.08. The van der Waals surface area contributed by atoms with Crippen LogP contribution in [0.25, 0.3) is 0 Å². The molecule has 0 spiro atoms. The Balaban J connectivity index is 1.41. The molecule has 0 aliphatic heterocycles. The number of hydrogen-bond acceptors (Lipinski definition) is 4. The largest absolute Gasteiger partial charge is 0.350 e. The molecule has 0 radical (unpaired) electrons. The van der Waals surface area contributed by atoms with Gasteiger partial charge in [0.25, 0.3) is 5.91 Å². The fraction of sp³-hybridized carbons (Fsp3) is 0.381. The summed E-state index contributed by atoms with van der Waals surface area (Å²) in [4.78, 5) is 28.5. The first-order chi connectivity index (χ1) is 13.2. The highest BCUT2D eigenvalue weighted by molar-refractivity contribution is 7.14. The van der Waals surface area contributed by atoms with Crippen molar-refractivity contribution >= 4 is 28.3 Å². The van der Waals surface area contributed by atoms with Gasteiger partial charge in [-0.2, -0.15) is 0 Å². The second-order valence-corrected chi connectivity index (χ2v) is 7.54. The zero-order valence-corrected chi connectivity index (χ0v) is 16.2. The summed E-state index contributed by atoms with van der Waals surface area (Å²) in [6.07, 6.45) is 9.09. The van der Waals surface area contributed by atoms with Crippen LogP contribution < -0.4 is 10.6 Å². The molecule has 3 rings (SSSR count). The molecule has 0 saturated heterocycles. The minimum absolute atomic E-state index is 0.0932. The maximum atomic E-state index is 12.2. The van der Waals surface area contributed by atoms with Crippen molar-refractivity contribution in [3.05, 3.63) is 58.6 Å². The Morgan fingerprint density at radius 2 is 1.96 bits per heavy atom. The van der Waals surface area contributed by atoms with Gasteiger partial charge in [-0.05, 0) is 44.1 Å². The summed E-state index contributed by atoms with van der Waals surface area (Å²) in [6.45, 7) is 0.626. The average molecular weight is 384 g/mol. The SMILES string of the molecule is O=C(CCc1ccccc1)Nc1nc(C(=O)NCCC2=CCCCC2)cs1. The number of thiazole rings is 1. The van der Waals surface area contributed by atoms with Gasteiger partial charge in [-0.15, -0.1) is 11.3 Å². The Morgan fingerprint density at radius 1 is 1.11 bits per heavy atom. The molecule has 0 atom stereocenters. The van der Waals surface area contributed by atoms with Crippen molar-refractivity contribution in [2.45, 2.75) is 44.9 Å². The molecule has 0 bridgehead atoms. The Kier molecular flexibility index (Phi) is 7.16. The number of anilines is 1. The zero-order chi connectivity index (χ0) is 18.9. The van der Waals surface area contributed by atoms with Crippen molar-refractivity contribution in [1.82, 2.24) is 10.3 Å². The number of allylic oxidation sites excluding steroid dienone is 1. The summed E-state index contributed by atoms with van der Waals surface area (Å²) in [7, 11) is 0. The molecule has 0 unspecified atom stereocenters. The van der Waals surface area contributed by atoms with Crippen LogP contribution in [0.2, 0.25) is 0 Å². The lowest BCUT2D eigenvalue weighted by molar-refractivity contribution is -0.116. The zero-order valence-electron chi connectivity index (χ0n) is 15.4. The molecule has 1 aliphatic carbocycles. The highest BCUT2D eigenvalue weighted by atomic mass is 32.1. The highest BCUT2D eigenvalue weighted by Crippen LogP contribution is 2.20. The lowest BCUT2D eigenvalue weighted by atomic mass is 9.97. The number of carbonyl (C=O) groups is 2. The van der Waals surface area contributed by atoms with Gasteiger partial charge in [-0.25, -0.2) is 4.98 Å². The molecule has 2 N–H and O–H groups in total. The molecule has 1 aromatic heterocycles. The first kappa shape index (κ1) is 19.3. The van der Waals surface area contributed by atoms with Crippen LogP contribution in [0.5, 0.6) is 0 Å². The van der Waals surface area contributed by atoms with Gasteiger partial charge < -0.3 is 10.6 Å². The second-order valence-electron chi connectivity index (χ2n) is 6.69. The molecule has 0 saturated carbocycles. The molecule has 5 nitrogen and oxygen atoms in total. The van der Waals surface area contributed by atoms with Gasteiger partial charge in [0, 0.05) is 18.3 Å². The van der Waals surface area contributed by atoms with Crippen molar-refractivity contribution in [2.24, 2.45) is 0 Å². The monoisotopic (exact) mass is 383 g/mol. The molecule has 1 aliphatic rings. The quantitative estimate of drug-likeness (QED) is 0.666. The van der Waals surface area contributed by atoms with Gasteiger partial charge in [-0.3, -0.25) is 9.59 Å². The molecule has 6 heteroatoms. The molecular formula is C21H25N3O2S. The molecule has 1 aromatic carbocycles. The van der Waals surface area contributed by atoms with E-state index < -0.39 is 0 Å². The Hall–Kier alpha value is -2.47. The number of rotatable bonds is 8. The molecular weight excluding hydrogens is 358 g/mol. The lowest BCUT2D eigenvalue weighted by Crippen LogP contribution is -2.25. The van der Waals surface area contributed by atoms with E-state index in [4.69, 9.17) is 0 Å². The van der Waals surface area contributed by atoms with E-state index in [2.05, 4.69) is 21.7 Å². The standard InChI is InChI=1S/C21H25N3O2S/c25-19(12-11-16-7-3-1-4-8-16)24-21-23-18(15-27-21)20(26)22-14-13-17-9-5-2-6-10-17/h1,3-4,7-9,15H,2,5-6,10-14H2,(H,22,26)(H,23,24,25). The van der Waals surface area contributed by atoms with E-state index in [1.165, 1.54) is 29.8 Å². The molecule has 2 amide bonds. The van der Waals surface area contributed by atoms with E-state index >= 15 is 0 Å². The third-order valence-corrected chi connectivity index (χ3v) is 5.34. The molecule has 1 heterocycles. The van der Waals surface area contributed by atoms with Crippen molar-refractivity contribution in [1.29, 1.82) is 0 Å². The summed E-state index contributed by atoms with van der Waals surface area (Å²) < 4.78 is 0. The van der Waals surface area contributed by atoms with E-state index in [9.17, 15) is 9.59 Å². The van der Waals surface area contributed by atoms with Gasteiger partial charge in [0.15, 0.2) is 5.13 Å². The number of nitrogens with zero attached hydrogens (tertiary/aromatic N) is 1. The number of hydrogen-bond donors (Lipinski definition) is 2. The van der Waals surface area contributed by atoms with Crippen LogP contribution in [-0.2, 0) is 11.2 Å². The highest BCUT2D eigenvalue weighted by Gasteiger charge is 2.13. The van der Waals surface area contributed by atoms with E-state index in [0.717, 1.165) is 24.8 Å². The van der Waals surface area contributed by atoms with Crippen molar-refractivity contribution < 1.29 is 9.59 Å². The first-order valence-electron chi connectivity index (χ1n) is 9.46. The van der Waals surface area contributed by atoms with Crippen LogP contribution in [0.3, 0.4) is 0 Å². The Bertz CT molecular complexity index is 799. The number of benzene rings is 1. The van der Waals surface area contributed by atoms with Crippen LogP contribution >= 0.6 is 11.3 Å². The minimum atomic E-state index is -0.188. The van der Waals surface area contributed by atoms with Crippen LogP contribution in [0.4, 0.5) is 5.13 Å². The van der Waals surface area contributed by atoms with Gasteiger partial charge in [0.2, 0.25) is 5.91 Å². The van der Waals surface area contributed by atoms with Gasteiger partial charge in [0.05, 0.1) is 0 Å². The average Bonchev–Trinajstić information content (AvgIpc) is 3.16. The summed E-state index contributed by atoms with van der Waals surface area (Å²) in [5, 5.41) is 7.83. The number of aromatic nitrogens is 1. The predicted octanol–water partition coefficient (Wildman–Crippen LogP) is 4.33. The summed E-state index contributed by atoms with van der Waals surface area (Å²) in [5.74, 6) is -0.281. The third kappa shape index (κ3) is 6.32. The van der Waals surface area contributed by atoms with Crippen LogP contribution in [0.15, 0.2) is 47.4 Å². The van der Waals surface area contributed by atoms with E-state index in [-0.39, 0.29) is 11.8 Å².